The van der Waals surface area contributed by atoms with Crippen molar-refractivity contribution >= 4 is 0 Å². The van der Waals surface area contributed by atoms with E-state index in [1.54, 1.807) is 0 Å². The molecule has 0 aromatic carbocycles. The molecule has 1 nitrogen and oxygen atoms in total. The van der Waals surface area contributed by atoms with E-state index in [0.29, 0.717) is 16.7 Å². The fourth-order valence-electron chi connectivity index (χ4n) is 5.44. The van der Waals surface area contributed by atoms with Gasteiger partial charge in [0.05, 0.1) is 6.10 Å². The lowest BCUT2D eigenvalue weighted by molar-refractivity contribution is 0.0530. The zero-order valence-electron chi connectivity index (χ0n) is 10.8. The van der Waals surface area contributed by atoms with Crippen molar-refractivity contribution < 1.29 is 5.11 Å². The lowest BCUT2D eigenvalue weighted by atomic mass is 9.66. The molecular formula is C15H24O. The maximum atomic E-state index is 10.3. The van der Waals surface area contributed by atoms with Gasteiger partial charge in [-0.25, -0.2) is 0 Å². The van der Waals surface area contributed by atoms with Crippen LogP contribution in [0.25, 0.3) is 0 Å². The van der Waals surface area contributed by atoms with Gasteiger partial charge in [0.25, 0.3) is 0 Å². The van der Waals surface area contributed by atoms with Crippen LogP contribution in [0, 0.1) is 28.6 Å². The second-order valence-corrected chi connectivity index (χ2v) is 7.14. The molecule has 2 bridgehead atoms. The van der Waals surface area contributed by atoms with Crippen LogP contribution >= 0.6 is 0 Å². The van der Waals surface area contributed by atoms with Gasteiger partial charge in [0, 0.05) is 0 Å². The van der Waals surface area contributed by atoms with Crippen LogP contribution in [-0.4, -0.2) is 11.2 Å². The minimum atomic E-state index is -0.233. The Bertz CT molecular complexity index is 343. The number of rotatable bonds is 0. The van der Waals surface area contributed by atoms with E-state index in [4.69, 9.17) is 0 Å². The van der Waals surface area contributed by atoms with Gasteiger partial charge in [0.1, 0.15) is 0 Å². The molecule has 3 fully saturated rings. The Hall–Kier alpha value is -0.300. The third-order valence-corrected chi connectivity index (χ3v) is 6.39. The molecule has 0 saturated heterocycles. The smallest absolute Gasteiger partial charge is 0.0755 e. The van der Waals surface area contributed by atoms with Crippen LogP contribution < -0.4 is 0 Å². The van der Waals surface area contributed by atoms with Crippen molar-refractivity contribution in [2.24, 2.45) is 28.6 Å². The molecule has 0 amide bonds. The van der Waals surface area contributed by atoms with E-state index >= 15 is 0 Å². The summed E-state index contributed by atoms with van der Waals surface area (Å²) in [5, 5.41) is 10.3. The molecule has 3 saturated carbocycles. The molecular weight excluding hydrogens is 196 g/mol. The maximum absolute atomic E-state index is 10.3. The molecule has 16 heavy (non-hydrogen) atoms. The number of hydrogen-bond donors (Lipinski definition) is 1. The van der Waals surface area contributed by atoms with Gasteiger partial charge in [-0.2, -0.15) is 0 Å². The summed E-state index contributed by atoms with van der Waals surface area (Å²) < 4.78 is 0. The standard InChI is InChI=1S/C15H24O/c1-9-5-6-13-14(3,4)11-7-15(9,13)8-12(16)10(11)2/h9,11-13,16H,2,5-8H2,1,3-4H3/t9-,11+,12+,13+,15-/m1/s1. The van der Waals surface area contributed by atoms with Crippen molar-refractivity contribution in [2.45, 2.75) is 52.6 Å². The molecule has 1 N–H and O–H groups in total. The first-order valence-electron chi connectivity index (χ1n) is 6.76. The van der Waals surface area contributed by atoms with Gasteiger partial charge in [-0.3, -0.25) is 0 Å². The van der Waals surface area contributed by atoms with E-state index < -0.39 is 0 Å². The third kappa shape index (κ3) is 1.01. The molecule has 0 aromatic rings. The molecule has 0 heterocycles. The molecule has 1 spiro atoms. The largest absolute Gasteiger partial charge is 0.389 e. The predicted molar refractivity (Wildman–Crippen MR) is 66.0 cm³/mol. The predicted octanol–water partition coefficient (Wildman–Crippen LogP) is 3.39. The van der Waals surface area contributed by atoms with Crippen molar-refractivity contribution in [3.05, 3.63) is 12.2 Å². The van der Waals surface area contributed by atoms with E-state index in [1.165, 1.54) is 19.3 Å². The fraction of sp³-hybridized carbons (Fsp3) is 0.867. The van der Waals surface area contributed by atoms with Crippen molar-refractivity contribution in [3.63, 3.8) is 0 Å². The number of aliphatic hydroxyl groups is 1. The second-order valence-electron chi connectivity index (χ2n) is 7.14. The van der Waals surface area contributed by atoms with Crippen LogP contribution in [0.1, 0.15) is 46.5 Å². The Morgan fingerprint density at radius 2 is 1.94 bits per heavy atom. The van der Waals surface area contributed by atoms with E-state index in [-0.39, 0.29) is 6.10 Å². The van der Waals surface area contributed by atoms with Gasteiger partial charge in [0.15, 0.2) is 0 Å². The third-order valence-electron chi connectivity index (χ3n) is 6.39. The average Bonchev–Trinajstić information content (AvgIpc) is 2.59. The van der Waals surface area contributed by atoms with Crippen LogP contribution in [0.15, 0.2) is 12.2 Å². The zero-order chi connectivity index (χ0) is 11.7. The zero-order valence-corrected chi connectivity index (χ0v) is 10.8. The molecule has 0 aliphatic heterocycles. The second kappa shape index (κ2) is 2.93. The summed E-state index contributed by atoms with van der Waals surface area (Å²) in [6.45, 7) is 11.4. The summed E-state index contributed by atoms with van der Waals surface area (Å²) in [6, 6.07) is 0. The first-order valence-corrected chi connectivity index (χ1v) is 6.76. The molecule has 3 aliphatic carbocycles. The van der Waals surface area contributed by atoms with Crippen LogP contribution in [0.2, 0.25) is 0 Å². The Morgan fingerprint density at radius 1 is 1.25 bits per heavy atom. The van der Waals surface area contributed by atoms with Gasteiger partial charge >= 0.3 is 0 Å². The van der Waals surface area contributed by atoms with Gasteiger partial charge < -0.3 is 5.11 Å². The van der Waals surface area contributed by atoms with Crippen molar-refractivity contribution in [3.8, 4) is 0 Å². The SMILES string of the molecule is C=C1[C@@H](O)C[C@@]23C[C@@H]1C(C)(C)[C@@H]2CC[C@H]3C. The van der Waals surface area contributed by atoms with Gasteiger partial charge in [-0.1, -0.05) is 27.4 Å². The first kappa shape index (κ1) is 10.8. The Labute approximate surface area is 98.9 Å². The highest BCUT2D eigenvalue weighted by Gasteiger charge is 2.65. The summed E-state index contributed by atoms with van der Waals surface area (Å²) >= 11 is 0. The molecule has 5 atom stereocenters. The summed E-state index contributed by atoms with van der Waals surface area (Å²) in [7, 11) is 0. The number of hydrogen-bond acceptors (Lipinski definition) is 1. The molecule has 1 heteroatoms. The van der Waals surface area contributed by atoms with E-state index in [9.17, 15) is 5.11 Å². The minimum Gasteiger partial charge on any atom is -0.389 e. The highest BCUT2D eigenvalue weighted by atomic mass is 16.3. The molecule has 3 aliphatic rings. The van der Waals surface area contributed by atoms with Gasteiger partial charge in [0.2, 0.25) is 0 Å². The van der Waals surface area contributed by atoms with Crippen molar-refractivity contribution in [1.29, 1.82) is 0 Å². The Morgan fingerprint density at radius 3 is 2.62 bits per heavy atom. The molecule has 0 unspecified atom stereocenters. The van der Waals surface area contributed by atoms with Gasteiger partial charge in [-0.05, 0) is 59.8 Å². The van der Waals surface area contributed by atoms with Crippen LogP contribution in [0.3, 0.4) is 0 Å². The maximum Gasteiger partial charge on any atom is 0.0755 e. The van der Waals surface area contributed by atoms with Crippen LogP contribution in [-0.2, 0) is 0 Å². The van der Waals surface area contributed by atoms with E-state index in [2.05, 4.69) is 27.4 Å². The highest BCUT2D eigenvalue weighted by molar-refractivity contribution is 5.26. The van der Waals surface area contributed by atoms with E-state index in [0.717, 1.165) is 23.8 Å². The topological polar surface area (TPSA) is 20.2 Å². The summed E-state index contributed by atoms with van der Waals surface area (Å²) in [4.78, 5) is 0. The Balaban J connectivity index is 2.10. The lowest BCUT2D eigenvalue weighted by Crippen LogP contribution is -2.36. The monoisotopic (exact) mass is 220 g/mol. The highest BCUT2D eigenvalue weighted by Crippen LogP contribution is 2.72. The van der Waals surface area contributed by atoms with Crippen LogP contribution in [0.5, 0.6) is 0 Å². The number of fused-ring (bicyclic) bond motifs is 1. The quantitative estimate of drug-likeness (QED) is 0.620. The van der Waals surface area contributed by atoms with E-state index in [1.807, 2.05) is 0 Å². The van der Waals surface area contributed by atoms with Crippen molar-refractivity contribution in [2.75, 3.05) is 0 Å². The lowest BCUT2D eigenvalue weighted by Gasteiger charge is -2.40. The minimum absolute atomic E-state index is 0.233. The molecule has 0 aromatic heterocycles. The molecule has 90 valence electrons. The summed E-state index contributed by atoms with van der Waals surface area (Å²) in [5.74, 6) is 2.17. The van der Waals surface area contributed by atoms with Crippen molar-refractivity contribution in [1.82, 2.24) is 0 Å². The average molecular weight is 220 g/mol. The summed E-state index contributed by atoms with van der Waals surface area (Å²) in [5.41, 5.74) is 1.92. The normalized spacial score (nSPS) is 54.1. The van der Waals surface area contributed by atoms with Crippen LogP contribution in [0.4, 0.5) is 0 Å². The van der Waals surface area contributed by atoms with Gasteiger partial charge in [-0.15, -0.1) is 0 Å². The number of aliphatic hydroxyl groups excluding tert-OH is 1. The molecule has 0 radical (unpaired) electrons. The summed E-state index contributed by atoms with van der Waals surface area (Å²) in [6.07, 6.45) is 4.77. The first-order chi connectivity index (χ1) is 7.39. The molecule has 3 rings (SSSR count). The fourth-order valence-corrected chi connectivity index (χ4v) is 5.44. The Kier molecular flexibility index (Phi) is 1.98.